The van der Waals surface area contributed by atoms with E-state index in [2.05, 4.69) is 40.3 Å². The van der Waals surface area contributed by atoms with Gasteiger partial charge in [-0.1, -0.05) is 34.1 Å². The van der Waals surface area contributed by atoms with E-state index in [1.165, 1.54) is 6.42 Å². The molecule has 0 rings (SSSR count). The van der Waals surface area contributed by atoms with Crippen molar-refractivity contribution < 1.29 is 0 Å². The van der Waals surface area contributed by atoms with E-state index in [0.717, 1.165) is 5.92 Å². The highest BCUT2D eigenvalue weighted by molar-refractivity contribution is 7.81. The van der Waals surface area contributed by atoms with Crippen LogP contribution in [0.1, 0.15) is 34.1 Å². The van der Waals surface area contributed by atoms with Crippen molar-refractivity contribution in [2.75, 3.05) is 0 Å². The second kappa shape index (κ2) is 4.21. The molecule has 0 aromatic heterocycles. The Morgan fingerprint density at radius 2 is 1.67 bits per heavy atom. The molecule has 0 aromatic rings. The van der Waals surface area contributed by atoms with Gasteiger partial charge in [-0.2, -0.15) is 12.6 Å². The minimum atomic E-state index is 0.579. The lowest BCUT2D eigenvalue weighted by Gasteiger charge is -2.20. The van der Waals surface area contributed by atoms with E-state index in [0.29, 0.717) is 11.2 Å². The van der Waals surface area contributed by atoms with Crippen LogP contribution in [0.3, 0.4) is 0 Å². The maximum atomic E-state index is 4.50. The number of hydrogen-bond acceptors (Lipinski definition) is 1. The zero-order valence-electron chi connectivity index (χ0n) is 6.89. The first-order valence-corrected chi connectivity index (χ1v) is 4.29. The largest absolute Gasteiger partial charge is 0.175 e. The Hall–Kier alpha value is 0.350. The monoisotopic (exact) mass is 146 g/mol. The van der Waals surface area contributed by atoms with Gasteiger partial charge in [0, 0.05) is 5.25 Å². The minimum absolute atomic E-state index is 0.579. The molecule has 2 unspecified atom stereocenters. The van der Waals surface area contributed by atoms with Crippen molar-refractivity contribution in [2.24, 2.45) is 11.8 Å². The van der Waals surface area contributed by atoms with Crippen molar-refractivity contribution in [3.05, 3.63) is 0 Å². The summed E-state index contributed by atoms with van der Waals surface area (Å²) >= 11 is 4.50. The quantitative estimate of drug-likeness (QED) is 0.581. The molecule has 2 atom stereocenters. The van der Waals surface area contributed by atoms with E-state index in [1.54, 1.807) is 0 Å². The highest BCUT2D eigenvalue weighted by Gasteiger charge is 2.13. The van der Waals surface area contributed by atoms with Gasteiger partial charge in [0.05, 0.1) is 0 Å². The fourth-order valence-electron chi connectivity index (χ4n) is 0.899. The molecule has 0 aliphatic heterocycles. The fourth-order valence-corrected chi connectivity index (χ4v) is 1.11. The van der Waals surface area contributed by atoms with Crippen molar-refractivity contribution in [1.29, 1.82) is 0 Å². The number of rotatable bonds is 3. The molecule has 0 aliphatic rings. The van der Waals surface area contributed by atoms with Crippen LogP contribution in [-0.2, 0) is 0 Å². The van der Waals surface area contributed by atoms with Crippen LogP contribution in [0.15, 0.2) is 0 Å². The number of hydrogen-bond donors (Lipinski definition) is 1. The molecule has 0 aromatic carbocycles. The molecule has 56 valence electrons. The maximum absolute atomic E-state index is 4.50. The first kappa shape index (κ1) is 9.35. The molecule has 0 nitrogen and oxygen atoms in total. The SMILES string of the molecule is CCC(C)C(S)C(C)C. The van der Waals surface area contributed by atoms with Gasteiger partial charge in [0.1, 0.15) is 0 Å². The summed E-state index contributed by atoms with van der Waals surface area (Å²) in [6, 6.07) is 0. The summed E-state index contributed by atoms with van der Waals surface area (Å²) in [5.74, 6) is 1.47. The van der Waals surface area contributed by atoms with Crippen molar-refractivity contribution in [1.82, 2.24) is 0 Å². The van der Waals surface area contributed by atoms with Gasteiger partial charge in [-0.25, -0.2) is 0 Å². The Balaban J connectivity index is 3.58. The van der Waals surface area contributed by atoms with E-state index >= 15 is 0 Å². The Morgan fingerprint density at radius 3 is 1.78 bits per heavy atom. The fraction of sp³-hybridized carbons (Fsp3) is 1.00. The van der Waals surface area contributed by atoms with Gasteiger partial charge in [-0.05, 0) is 11.8 Å². The average molecular weight is 146 g/mol. The lowest BCUT2D eigenvalue weighted by Crippen LogP contribution is -2.16. The predicted octanol–water partition coefficient (Wildman–Crippen LogP) is 2.99. The molecule has 0 radical (unpaired) electrons. The van der Waals surface area contributed by atoms with Crippen LogP contribution < -0.4 is 0 Å². The molecule has 0 saturated carbocycles. The van der Waals surface area contributed by atoms with Crippen LogP contribution in [0.2, 0.25) is 0 Å². The van der Waals surface area contributed by atoms with Crippen LogP contribution in [0, 0.1) is 11.8 Å². The van der Waals surface area contributed by atoms with Gasteiger partial charge in [0.25, 0.3) is 0 Å². The van der Waals surface area contributed by atoms with E-state index in [4.69, 9.17) is 0 Å². The van der Waals surface area contributed by atoms with E-state index < -0.39 is 0 Å². The Morgan fingerprint density at radius 1 is 1.22 bits per heavy atom. The van der Waals surface area contributed by atoms with E-state index in [9.17, 15) is 0 Å². The van der Waals surface area contributed by atoms with E-state index in [-0.39, 0.29) is 0 Å². The smallest absolute Gasteiger partial charge is 0.00653 e. The Kier molecular flexibility index (Phi) is 4.37. The van der Waals surface area contributed by atoms with Crippen LogP contribution >= 0.6 is 12.6 Å². The first-order valence-electron chi connectivity index (χ1n) is 3.77. The lowest BCUT2D eigenvalue weighted by atomic mass is 9.96. The summed E-state index contributed by atoms with van der Waals surface area (Å²) in [5.41, 5.74) is 0. The summed E-state index contributed by atoms with van der Waals surface area (Å²) in [4.78, 5) is 0. The third-order valence-corrected chi connectivity index (χ3v) is 3.02. The van der Waals surface area contributed by atoms with Gasteiger partial charge >= 0.3 is 0 Å². The third-order valence-electron chi connectivity index (χ3n) is 1.91. The number of thiol groups is 1. The Labute approximate surface area is 64.4 Å². The van der Waals surface area contributed by atoms with Gasteiger partial charge in [-0.15, -0.1) is 0 Å². The van der Waals surface area contributed by atoms with Gasteiger partial charge in [0.2, 0.25) is 0 Å². The molecular formula is C8H18S. The molecule has 0 bridgehead atoms. The molecule has 0 aliphatic carbocycles. The second-order valence-corrected chi connectivity index (χ2v) is 3.72. The zero-order chi connectivity index (χ0) is 7.44. The molecule has 0 fully saturated rings. The average Bonchev–Trinajstić information content (AvgIpc) is 1.84. The molecule has 0 heterocycles. The van der Waals surface area contributed by atoms with Crippen molar-refractivity contribution >= 4 is 12.6 Å². The molecule has 0 spiro atoms. The zero-order valence-corrected chi connectivity index (χ0v) is 7.78. The van der Waals surface area contributed by atoms with Gasteiger partial charge in [-0.3, -0.25) is 0 Å². The Bertz CT molecular complexity index is 69.0. The topological polar surface area (TPSA) is 0 Å². The summed E-state index contributed by atoms with van der Waals surface area (Å²) in [6.45, 7) is 8.93. The molecule has 0 amide bonds. The maximum Gasteiger partial charge on any atom is 0.00653 e. The third kappa shape index (κ3) is 3.14. The van der Waals surface area contributed by atoms with Gasteiger partial charge in [0.15, 0.2) is 0 Å². The second-order valence-electron chi connectivity index (χ2n) is 3.12. The summed E-state index contributed by atoms with van der Waals surface area (Å²) in [6.07, 6.45) is 1.24. The van der Waals surface area contributed by atoms with Crippen LogP contribution in [0.25, 0.3) is 0 Å². The van der Waals surface area contributed by atoms with Crippen molar-refractivity contribution in [3.8, 4) is 0 Å². The normalized spacial score (nSPS) is 18.0. The first-order chi connectivity index (χ1) is 4.09. The summed E-state index contributed by atoms with van der Waals surface area (Å²) in [5, 5.41) is 0.579. The highest BCUT2D eigenvalue weighted by atomic mass is 32.1. The standard InChI is InChI=1S/C8H18S/c1-5-7(4)8(9)6(2)3/h6-9H,5H2,1-4H3. The van der Waals surface area contributed by atoms with Crippen molar-refractivity contribution in [3.63, 3.8) is 0 Å². The predicted molar refractivity (Wildman–Crippen MR) is 47.1 cm³/mol. The highest BCUT2D eigenvalue weighted by Crippen LogP contribution is 2.20. The van der Waals surface area contributed by atoms with Crippen LogP contribution in [-0.4, -0.2) is 5.25 Å². The lowest BCUT2D eigenvalue weighted by molar-refractivity contribution is 0.448. The molecule has 0 saturated heterocycles. The summed E-state index contributed by atoms with van der Waals surface area (Å²) < 4.78 is 0. The molecule has 1 heteroatoms. The molecule has 0 N–H and O–H groups in total. The molecular weight excluding hydrogens is 128 g/mol. The van der Waals surface area contributed by atoms with Crippen LogP contribution in [0.4, 0.5) is 0 Å². The van der Waals surface area contributed by atoms with Crippen LogP contribution in [0.5, 0.6) is 0 Å². The van der Waals surface area contributed by atoms with E-state index in [1.807, 2.05) is 0 Å². The summed E-state index contributed by atoms with van der Waals surface area (Å²) in [7, 11) is 0. The molecule has 9 heavy (non-hydrogen) atoms. The minimum Gasteiger partial charge on any atom is -0.175 e. The van der Waals surface area contributed by atoms with Gasteiger partial charge < -0.3 is 0 Å². The van der Waals surface area contributed by atoms with Crippen molar-refractivity contribution in [2.45, 2.75) is 39.4 Å².